The van der Waals surface area contributed by atoms with Gasteiger partial charge in [0.2, 0.25) is 5.58 Å². The Morgan fingerprint density at radius 3 is 2.53 bits per heavy atom. The Bertz CT molecular complexity index is 944. The smallest absolute Gasteiger partial charge is 0.276 e. The van der Waals surface area contributed by atoms with E-state index in [9.17, 15) is 9.59 Å². The Morgan fingerprint density at radius 1 is 1.27 bits per heavy atom. The van der Waals surface area contributed by atoms with E-state index in [1.165, 1.54) is 6.07 Å². The average molecular weight is 419 g/mol. The fourth-order valence-electron chi connectivity index (χ4n) is 4.42. The van der Waals surface area contributed by atoms with Crippen LogP contribution < -0.4 is 4.90 Å². The van der Waals surface area contributed by atoms with Crippen LogP contribution in [-0.4, -0.2) is 73.9 Å². The molecule has 30 heavy (non-hydrogen) atoms. The van der Waals surface area contributed by atoms with E-state index >= 15 is 4.39 Å². The second-order valence-electron chi connectivity index (χ2n) is 8.04. The number of aromatic nitrogens is 1. The number of amides is 1. The van der Waals surface area contributed by atoms with E-state index in [0.29, 0.717) is 32.5 Å². The third kappa shape index (κ3) is 3.67. The van der Waals surface area contributed by atoms with Crippen LogP contribution in [0.15, 0.2) is 10.6 Å². The minimum absolute atomic E-state index is 0.0260. The molecule has 8 nitrogen and oxygen atoms in total. The third-order valence-corrected chi connectivity index (χ3v) is 5.84. The van der Waals surface area contributed by atoms with Crippen molar-refractivity contribution in [2.45, 2.75) is 45.0 Å². The summed E-state index contributed by atoms with van der Waals surface area (Å²) < 4.78 is 31.8. The lowest BCUT2D eigenvalue weighted by Gasteiger charge is -2.37. The van der Waals surface area contributed by atoms with Crippen molar-refractivity contribution in [1.82, 2.24) is 10.1 Å². The third-order valence-electron chi connectivity index (χ3n) is 5.84. The highest BCUT2D eigenvalue weighted by Crippen LogP contribution is 2.34. The molecule has 0 N–H and O–H groups in total. The Morgan fingerprint density at radius 2 is 1.93 bits per heavy atom. The number of nitrogens with zero attached hydrogens (tertiary/aromatic N) is 3. The second kappa shape index (κ2) is 8.31. The molecule has 2 atom stereocenters. The lowest BCUT2D eigenvalue weighted by Crippen LogP contribution is -2.46. The summed E-state index contributed by atoms with van der Waals surface area (Å²) in [5, 5.41) is 4.08. The van der Waals surface area contributed by atoms with Gasteiger partial charge < -0.3 is 23.8 Å². The van der Waals surface area contributed by atoms with Crippen LogP contribution in [0.5, 0.6) is 0 Å². The monoisotopic (exact) mass is 419 g/mol. The van der Waals surface area contributed by atoms with Crippen molar-refractivity contribution >= 4 is 28.8 Å². The summed E-state index contributed by atoms with van der Waals surface area (Å²) in [6, 6.07) is 1.50. The highest BCUT2D eigenvalue weighted by atomic mass is 19.1. The van der Waals surface area contributed by atoms with Gasteiger partial charge in [-0.25, -0.2) is 4.39 Å². The number of ether oxygens (including phenoxy) is 2. The molecule has 4 rings (SSSR count). The molecule has 0 aliphatic carbocycles. The van der Waals surface area contributed by atoms with Crippen molar-refractivity contribution in [3.05, 3.63) is 23.1 Å². The number of hydrogen-bond acceptors (Lipinski definition) is 7. The summed E-state index contributed by atoms with van der Waals surface area (Å²) in [4.78, 5) is 28.2. The number of anilines is 1. The zero-order valence-electron chi connectivity index (χ0n) is 17.4. The molecule has 0 bridgehead atoms. The van der Waals surface area contributed by atoms with Gasteiger partial charge in [0.25, 0.3) is 5.91 Å². The molecule has 0 spiro atoms. The molecule has 3 heterocycles. The summed E-state index contributed by atoms with van der Waals surface area (Å²) in [7, 11) is 1.66. The first-order valence-electron chi connectivity index (χ1n) is 10.2. The molecule has 2 aliphatic heterocycles. The van der Waals surface area contributed by atoms with E-state index in [4.69, 9.17) is 14.0 Å². The topological polar surface area (TPSA) is 85.1 Å². The number of benzene rings is 1. The van der Waals surface area contributed by atoms with Crippen LogP contribution in [0.25, 0.3) is 11.0 Å². The highest BCUT2D eigenvalue weighted by Gasteiger charge is 2.32. The average Bonchev–Trinajstić information content (AvgIpc) is 3.16. The molecule has 2 fully saturated rings. The number of aldehydes is 1. The molecular weight excluding hydrogens is 393 g/mol. The maximum Gasteiger partial charge on any atom is 0.276 e. The molecule has 2 saturated heterocycles. The Labute approximate surface area is 173 Å². The molecule has 1 amide bonds. The summed E-state index contributed by atoms with van der Waals surface area (Å²) in [5.74, 6) is -1.01. The number of morpholine rings is 1. The molecule has 2 aromatic rings. The van der Waals surface area contributed by atoms with E-state index in [1.54, 1.807) is 16.9 Å². The van der Waals surface area contributed by atoms with E-state index in [2.05, 4.69) is 5.16 Å². The van der Waals surface area contributed by atoms with Crippen LogP contribution in [0.4, 0.5) is 10.1 Å². The number of carbonyl (C=O) groups excluding carboxylic acids is 2. The minimum Gasteiger partial charge on any atom is -0.381 e. The maximum absolute atomic E-state index is 15.5. The molecule has 2 aliphatic rings. The standard InChI is InChI=1S/C21H26FN3O5/c1-12-9-25(10-13(2)29-12)19-14(11-26)8-16-18(23-30-20(16)17(19)22)21(27)24-6-4-15(28-3)5-7-24/h8,11-13,15H,4-7,9-10H2,1-3H3/t12-,13+. The van der Waals surface area contributed by atoms with Crippen LogP contribution in [0.1, 0.15) is 47.5 Å². The van der Waals surface area contributed by atoms with Crippen LogP contribution in [0.3, 0.4) is 0 Å². The Kier molecular flexibility index (Phi) is 5.75. The highest BCUT2D eigenvalue weighted by molar-refractivity contribution is 6.07. The zero-order chi connectivity index (χ0) is 21.4. The van der Waals surface area contributed by atoms with Crippen LogP contribution in [-0.2, 0) is 9.47 Å². The predicted octanol–water partition coefficient (Wildman–Crippen LogP) is 2.64. The second-order valence-corrected chi connectivity index (χ2v) is 8.04. The summed E-state index contributed by atoms with van der Waals surface area (Å²) in [5.41, 5.74) is 0.239. The van der Waals surface area contributed by atoms with Gasteiger partial charge >= 0.3 is 0 Å². The van der Waals surface area contributed by atoms with Crippen molar-refractivity contribution in [3.8, 4) is 0 Å². The van der Waals surface area contributed by atoms with Crippen molar-refractivity contribution in [3.63, 3.8) is 0 Å². The molecule has 1 aromatic heterocycles. The van der Waals surface area contributed by atoms with E-state index < -0.39 is 5.82 Å². The lowest BCUT2D eigenvalue weighted by molar-refractivity contribution is -0.00543. The van der Waals surface area contributed by atoms with Gasteiger partial charge in [-0.1, -0.05) is 5.16 Å². The number of methoxy groups -OCH3 is 1. The van der Waals surface area contributed by atoms with E-state index in [0.717, 1.165) is 12.8 Å². The number of hydrogen-bond donors (Lipinski definition) is 0. The lowest BCUT2D eigenvalue weighted by atomic mass is 10.0. The largest absolute Gasteiger partial charge is 0.381 e. The fraction of sp³-hybridized carbons (Fsp3) is 0.571. The van der Waals surface area contributed by atoms with Crippen LogP contribution in [0.2, 0.25) is 0 Å². The van der Waals surface area contributed by atoms with Gasteiger partial charge in [-0.05, 0) is 32.8 Å². The van der Waals surface area contributed by atoms with Crippen molar-refractivity contribution in [2.24, 2.45) is 0 Å². The van der Waals surface area contributed by atoms with Crippen LogP contribution >= 0.6 is 0 Å². The van der Waals surface area contributed by atoms with Crippen molar-refractivity contribution < 1.29 is 28.0 Å². The molecule has 0 saturated carbocycles. The summed E-state index contributed by atoms with van der Waals surface area (Å²) in [6.07, 6.45) is 1.97. The summed E-state index contributed by atoms with van der Waals surface area (Å²) in [6.45, 7) is 5.74. The molecule has 9 heteroatoms. The first-order valence-corrected chi connectivity index (χ1v) is 10.2. The number of piperidine rings is 1. The first kappa shape index (κ1) is 20.7. The molecule has 162 valence electrons. The van der Waals surface area contributed by atoms with Crippen LogP contribution in [0, 0.1) is 5.82 Å². The number of fused-ring (bicyclic) bond motifs is 1. The SMILES string of the molecule is COC1CCN(C(=O)c2noc3c(F)c(N4C[C@@H](C)O[C@@H](C)C4)c(C=O)cc23)CC1. The number of likely N-dealkylation sites (tertiary alicyclic amines) is 1. The number of carbonyl (C=O) groups is 2. The first-order chi connectivity index (χ1) is 14.4. The van der Waals surface area contributed by atoms with Gasteiger partial charge in [0, 0.05) is 38.9 Å². The van der Waals surface area contributed by atoms with Gasteiger partial charge in [0.15, 0.2) is 17.8 Å². The van der Waals surface area contributed by atoms with E-state index in [-0.39, 0.29) is 52.1 Å². The normalized spacial score (nSPS) is 23.2. The minimum atomic E-state index is -0.680. The fourth-order valence-corrected chi connectivity index (χ4v) is 4.42. The van der Waals surface area contributed by atoms with Crippen molar-refractivity contribution in [2.75, 3.05) is 38.2 Å². The number of rotatable bonds is 4. The zero-order valence-corrected chi connectivity index (χ0v) is 17.4. The Balaban J connectivity index is 1.69. The molecule has 0 unspecified atom stereocenters. The predicted molar refractivity (Wildman–Crippen MR) is 108 cm³/mol. The molecule has 0 radical (unpaired) electrons. The van der Waals surface area contributed by atoms with Gasteiger partial charge in [-0.3, -0.25) is 9.59 Å². The van der Waals surface area contributed by atoms with Crippen molar-refractivity contribution in [1.29, 1.82) is 0 Å². The van der Waals surface area contributed by atoms with E-state index in [1.807, 2.05) is 13.8 Å². The van der Waals surface area contributed by atoms with Gasteiger partial charge in [0.1, 0.15) is 0 Å². The number of halogens is 1. The van der Waals surface area contributed by atoms with Gasteiger partial charge in [-0.15, -0.1) is 0 Å². The van der Waals surface area contributed by atoms with Gasteiger partial charge in [-0.2, -0.15) is 0 Å². The molecular formula is C21H26FN3O5. The summed E-state index contributed by atoms with van der Waals surface area (Å²) >= 11 is 0. The quantitative estimate of drug-likeness (QED) is 0.705. The van der Waals surface area contributed by atoms with Gasteiger partial charge in [0.05, 0.1) is 29.4 Å². The maximum atomic E-state index is 15.5. The molecule has 1 aromatic carbocycles. The Hall–Kier alpha value is -2.52.